The SMILES string of the molecule is c1ccc(-c2nc(-c3ccc(-c4cc5c6ccccc6sc5c5c4c4ccccc4n5-c4ccc5c(c4)c4ccccc4n5-c4ccc5sc6ccc(-c7nc(-c8ccccc8)nc(-c8ccccc8)n7)cc6c5c4)cc3)nc(-c3ccc4oc5ccc(-n6c7ccccc7c7cc(-n8c9ccccc9c9ccc%10c%11ccccc%11sc%10c98)ccc76)cc5c4c3)n2)cc1. The Kier molecular flexibility index (Phi) is 15.3. The fourth-order valence-electron chi connectivity index (χ4n) is 20.3. The summed E-state index contributed by atoms with van der Waals surface area (Å²) in [6.07, 6.45) is 0. The van der Waals surface area contributed by atoms with E-state index in [1.54, 1.807) is 0 Å². The number of nitrogens with zero attached hydrogens (tertiary/aromatic N) is 10. The number of aromatic nitrogens is 10. The molecule has 0 aliphatic rings. The molecule has 128 heavy (non-hydrogen) atoms. The zero-order valence-electron chi connectivity index (χ0n) is 68.1. The third-order valence-electron chi connectivity index (χ3n) is 26.0. The van der Waals surface area contributed by atoms with E-state index in [2.05, 4.69) is 352 Å². The fourth-order valence-corrected chi connectivity index (χ4v) is 23.8. The largest absolute Gasteiger partial charge is 0.456 e. The highest BCUT2D eigenvalue weighted by molar-refractivity contribution is 7.27. The number of benzene rings is 18. The van der Waals surface area contributed by atoms with Crippen molar-refractivity contribution in [2.24, 2.45) is 0 Å². The molecule has 0 spiro atoms. The molecule has 18 aromatic carbocycles. The highest BCUT2D eigenvalue weighted by Gasteiger charge is 2.28. The first-order chi connectivity index (χ1) is 63.4. The maximum Gasteiger partial charge on any atom is 0.164 e. The van der Waals surface area contributed by atoms with Crippen molar-refractivity contribution in [1.82, 2.24) is 48.2 Å². The van der Waals surface area contributed by atoms with E-state index in [1.807, 2.05) is 88.6 Å². The third-order valence-corrected chi connectivity index (χ3v) is 29.6. The molecule has 0 radical (unpaired) electrons. The summed E-state index contributed by atoms with van der Waals surface area (Å²) >= 11 is 5.55. The van der Waals surface area contributed by atoms with Crippen molar-refractivity contribution in [2.45, 2.75) is 0 Å². The van der Waals surface area contributed by atoms with Crippen LogP contribution in [0.5, 0.6) is 0 Å². The Bertz CT molecular complexity index is 9550. The lowest BCUT2D eigenvalue weighted by molar-refractivity contribution is 0.669. The maximum absolute atomic E-state index is 6.74. The van der Waals surface area contributed by atoms with E-state index < -0.39 is 0 Å². The molecule has 10 heterocycles. The molecule has 594 valence electrons. The second-order valence-electron chi connectivity index (χ2n) is 33.1. The van der Waals surface area contributed by atoms with Crippen molar-refractivity contribution in [3.8, 4) is 102 Å². The van der Waals surface area contributed by atoms with Crippen LogP contribution in [0.4, 0.5) is 0 Å². The van der Waals surface area contributed by atoms with E-state index >= 15 is 0 Å². The molecule has 28 aromatic rings. The first-order valence-electron chi connectivity index (χ1n) is 42.9. The van der Waals surface area contributed by atoms with Gasteiger partial charge >= 0.3 is 0 Å². The number of para-hydroxylation sites is 4. The van der Waals surface area contributed by atoms with Crippen LogP contribution in [0.25, 0.3) is 272 Å². The number of hydrogen-bond donors (Lipinski definition) is 0. The van der Waals surface area contributed by atoms with Crippen LogP contribution in [-0.4, -0.2) is 48.2 Å². The monoisotopic (exact) mass is 1680 g/mol. The lowest BCUT2D eigenvalue weighted by Crippen LogP contribution is -2.00. The minimum Gasteiger partial charge on any atom is -0.456 e. The molecule has 14 heteroatoms. The molecule has 0 amide bonds. The zero-order chi connectivity index (χ0) is 83.5. The number of hydrogen-bond acceptors (Lipinski definition) is 10. The fraction of sp³-hybridized carbons (Fsp3) is 0. The van der Waals surface area contributed by atoms with Gasteiger partial charge in [0.25, 0.3) is 0 Å². The second kappa shape index (κ2) is 27.6. The van der Waals surface area contributed by atoms with Gasteiger partial charge in [-0.25, -0.2) is 29.9 Å². The highest BCUT2D eigenvalue weighted by Crippen LogP contribution is 2.51. The Morgan fingerprint density at radius 2 is 0.523 bits per heavy atom. The molecule has 10 aromatic heterocycles. The van der Waals surface area contributed by atoms with E-state index in [0.29, 0.717) is 34.9 Å². The van der Waals surface area contributed by atoms with E-state index in [9.17, 15) is 0 Å². The summed E-state index contributed by atoms with van der Waals surface area (Å²) in [5, 5.41) is 18.9. The molecule has 0 saturated carbocycles. The topological polar surface area (TPSA) is 110 Å². The van der Waals surface area contributed by atoms with Gasteiger partial charge in [-0.1, -0.05) is 237 Å². The number of fused-ring (bicyclic) bond motifs is 26. The normalized spacial score (nSPS) is 12.2. The van der Waals surface area contributed by atoms with Crippen molar-refractivity contribution in [1.29, 1.82) is 0 Å². The van der Waals surface area contributed by atoms with Crippen LogP contribution >= 0.6 is 34.0 Å². The first kappa shape index (κ1) is 71.1. The Hall–Kier alpha value is -16.4. The van der Waals surface area contributed by atoms with Crippen molar-refractivity contribution >= 4 is 204 Å². The lowest BCUT2D eigenvalue weighted by atomic mass is 9.96. The Morgan fingerprint density at radius 1 is 0.188 bits per heavy atom. The van der Waals surface area contributed by atoms with Gasteiger partial charge in [-0.3, -0.25) is 0 Å². The van der Waals surface area contributed by atoms with E-state index in [1.165, 1.54) is 109 Å². The average Bonchev–Trinajstić information content (AvgIpc) is 1.50. The summed E-state index contributed by atoms with van der Waals surface area (Å²) in [4.78, 5) is 31.3. The molecule has 0 saturated heterocycles. The maximum atomic E-state index is 6.74. The average molecular weight is 1690 g/mol. The molecule has 0 fully saturated rings. The van der Waals surface area contributed by atoms with Gasteiger partial charge in [-0.05, 0) is 163 Å². The third kappa shape index (κ3) is 10.8. The van der Waals surface area contributed by atoms with Gasteiger partial charge in [0, 0.05) is 161 Å². The summed E-state index contributed by atoms with van der Waals surface area (Å²) < 4.78 is 24.1. The molecule has 0 atom stereocenters. The molecular formula is C114H64N10OS3. The van der Waals surface area contributed by atoms with Gasteiger partial charge in [0.2, 0.25) is 0 Å². The standard InChI is InChI=1S/C114H64N10OS3/c1-4-22-66(23-5-1)109-115-110(67-24-6-2-7-25-67)119-114(118-109)71-45-56-102-89(59-71)90-63-73(49-57-103(90)126-102)122-93-35-17-12-30-78(93)86-61-75(47-53-97(86)122)124-95-37-19-13-33-83(95)104-84(64-91-80-32-15-21-39-101(80)128-108(91)106(104)124)65-40-42-69(43-41-65)112-116-111(68-26-8-3-9-27-68)117-113(120-112)70-44-54-98-87(58-70)88-62-72(48-55-99(88)125-98)121-92-34-16-11-29-77(92)85-60-74(46-52-96(85)121)123-94-36-18-10-28-76(94)81-50-51-82-79-31-14-20-38-100(79)127-107(82)105(81)123/h1-64H. The van der Waals surface area contributed by atoms with Crippen LogP contribution in [0.1, 0.15) is 0 Å². The first-order valence-corrected chi connectivity index (χ1v) is 45.4. The van der Waals surface area contributed by atoms with Gasteiger partial charge in [0.1, 0.15) is 11.2 Å². The predicted octanol–water partition coefficient (Wildman–Crippen LogP) is 31.1. The predicted molar refractivity (Wildman–Crippen MR) is 535 cm³/mol. The number of rotatable bonds is 11. The number of thiophene rings is 3. The Balaban J connectivity index is 0.548. The summed E-state index contributed by atoms with van der Waals surface area (Å²) in [6, 6.07) is 140. The molecule has 0 N–H and O–H groups in total. The molecule has 28 rings (SSSR count). The quantitative estimate of drug-likeness (QED) is 0.127. The van der Waals surface area contributed by atoms with Crippen molar-refractivity contribution < 1.29 is 4.42 Å². The van der Waals surface area contributed by atoms with Crippen LogP contribution in [0.15, 0.2) is 393 Å². The molecule has 0 aliphatic heterocycles. The molecule has 0 unspecified atom stereocenters. The Morgan fingerprint density at radius 3 is 1.09 bits per heavy atom. The second-order valence-corrected chi connectivity index (χ2v) is 36.3. The lowest BCUT2D eigenvalue weighted by Gasteiger charge is -2.12. The van der Waals surface area contributed by atoms with Crippen LogP contribution in [-0.2, 0) is 0 Å². The molecular weight excluding hydrogens is 1620 g/mol. The van der Waals surface area contributed by atoms with Crippen molar-refractivity contribution in [3.63, 3.8) is 0 Å². The summed E-state index contributed by atoms with van der Waals surface area (Å²) in [6.45, 7) is 0. The Labute approximate surface area is 741 Å². The van der Waals surface area contributed by atoms with Gasteiger partial charge in [0.15, 0.2) is 34.9 Å². The van der Waals surface area contributed by atoms with E-state index in [0.717, 1.165) is 128 Å². The minimum atomic E-state index is 0.560. The minimum absolute atomic E-state index is 0.560. The van der Waals surface area contributed by atoms with Crippen molar-refractivity contribution in [3.05, 3.63) is 388 Å². The van der Waals surface area contributed by atoms with Gasteiger partial charge in [-0.15, -0.1) is 34.0 Å². The summed E-state index contributed by atoms with van der Waals surface area (Å²) in [7, 11) is 0. The van der Waals surface area contributed by atoms with Gasteiger partial charge in [0.05, 0.1) is 53.5 Å². The van der Waals surface area contributed by atoms with Crippen LogP contribution in [0, 0.1) is 0 Å². The molecule has 0 aliphatic carbocycles. The van der Waals surface area contributed by atoms with E-state index in [-0.39, 0.29) is 0 Å². The summed E-state index contributed by atoms with van der Waals surface area (Å²) in [5.74, 6) is 3.61. The smallest absolute Gasteiger partial charge is 0.164 e. The van der Waals surface area contributed by atoms with Crippen LogP contribution in [0.2, 0.25) is 0 Å². The van der Waals surface area contributed by atoms with Crippen molar-refractivity contribution in [2.75, 3.05) is 0 Å². The van der Waals surface area contributed by atoms with E-state index in [4.69, 9.17) is 34.3 Å². The van der Waals surface area contributed by atoms with Crippen LogP contribution < -0.4 is 0 Å². The van der Waals surface area contributed by atoms with Gasteiger partial charge in [-0.2, -0.15) is 0 Å². The summed E-state index contributed by atoms with van der Waals surface area (Å²) in [5.41, 5.74) is 22.7. The highest BCUT2D eigenvalue weighted by atomic mass is 32.1. The molecule has 0 bridgehead atoms. The molecule has 11 nitrogen and oxygen atoms in total. The zero-order valence-corrected chi connectivity index (χ0v) is 70.5. The van der Waals surface area contributed by atoms with Gasteiger partial charge < -0.3 is 22.7 Å². The van der Waals surface area contributed by atoms with Crippen LogP contribution in [0.3, 0.4) is 0 Å². The number of furan rings is 1.